The molecule has 0 saturated carbocycles. The van der Waals surface area contributed by atoms with Crippen LogP contribution in [0.1, 0.15) is 30.2 Å². The molecule has 2 atom stereocenters. The van der Waals surface area contributed by atoms with Crippen LogP contribution < -0.4 is 5.32 Å². The number of nitrogens with zero attached hydrogens (tertiary/aromatic N) is 1. The van der Waals surface area contributed by atoms with E-state index < -0.39 is 0 Å². The monoisotopic (exact) mass is 309 g/mol. The largest absolute Gasteiger partial charge is 0.359 e. The molecule has 2 aliphatic rings. The minimum Gasteiger partial charge on any atom is -0.359 e. The number of hydrogen-bond acceptors (Lipinski definition) is 2. The van der Waals surface area contributed by atoms with E-state index in [0.29, 0.717) is 11.8 Å². The number of aromatic amines is 1. The average Bonchev–Trinajstić information content (AvgIpc) is 3.02. The molecule has 2 heterocycles. The van der Waals surface area contributed by atoms with Gasteiger partial charge in [-0.3, -0.25) is 5.10 Å². The number of nitrogens with one attached hydrogen (secondary N) is 2. The molecule has 3 nitrogen and oxygen atoms in total. The summed E-state index contributed by atoms with van der Waals surface area (Å²) in [7, 11) is 0. The van der Waals surface area contributed by atoms with Gasteiger partial charge in [0.1, 0.15) is 5.82 Å². The van der Waals surface area contributed by atoms with E-state index in [1.807, 2.05) is 18.3 Å². The number of halogens is 1. The van der Waals surface area contributed by atoms with Crippen molar-refractivity contribution in [2.24, 2.45) is 11.8 Å². The molecule has 1 aromatic heterocycles. The van der Waals surface area contributed by atoms with Crippen LogP contribution in [0.4, 0.5) is 4.39 Å². The zero-order chi connectivity index (χ0) is 15.8. The Hall–Kier alpha value is -2.36. The van der Waals surface area contributed by atoms with Gasteiger partial charge < -0.3 is 5.32 Å². The summed E-state index contributed by atoms with van der Waals surface area (Å²) in [5, 5.41) is 10.7. The molecule has 23 heavy (non-hydrogen) atoms. The highest BCUT2D eigenvalue weighted by Crippen LogP contribution is 2.34. The second-order valence-electron chi connectivity index (χ2n) is 6.52. The standard InChI is InChI=1S/C19H20FN3/c1-12-8-15(14-4-7-18-16(9-14)11-21-23-18)10-19(22-12)13-2-5-17(20)6-3-13/h2-3,5-6,8,10-11,14-15,22H,4,7,9H2,1H3,(H,21,23). The van der Waals surface area contributed by atoms with Crippen LogP contribution in [-0.2, 0) is 12.8 Å². The van der Waals surface area contributed by atoms with E-state index in [1.165, 1.54) is 23.4 Å². The molecule has 4 rings (SSSR count). The fourth-order valence-electron chi connectivity index (χ4n) is 3.67. The van der Waals surface area contributed by atoms with Crippen LogP contribution in [0.3, 0.4) is 0 Å². The lowest BCUT2D eigenvalue weighted by atomic mass is 9.77. The van der Waals surface area contributed by atoms with Gasteiger partial charge in [-0.05, 0) is 55.4 Å². The molecule has 2 N–H and O–H groups in total. The Labute approximate surface area is 135 Å². The number of aromatic nitrogens is 2. The fourth-order valence-corrected chi connectivity index (χ4v) is 3.67. The molecule has 0 amide bonds. The summed E-state index contributed by atoms with van der Waals surface area (Å²) >= 11 is 0. The molecule has 1 aliphatic heterocycles. The molecule has 0 bridgehead atoms. The van der Waals surface area contributed by atoms with Crippen LogP contribution >= 0.6 is 0 Å². The molecule has 1 aliphatic carbocycles. The molecule has 118 valence electrons. The third-order valence-corrected chi connectivity index (χ3v) is 4.89. The van der Waals surface area contributed by atoms with Crippen LogP contribution in [0, 0.1) is 17.7 Å². The van der Waals surface area contributed by atoms with E-state index >= 15 is 0 Å². The summed E-state index contributed by atoms with van der Waals surface area (Å²) in [6.07, 6.45) is 9.85. The maximum atomic E-state index is 13.1. The highest BCUT2D eigenvalue weighted by Gasteiger charge is 2.27. The van der Waals surface area contributed by atoms with Gasteiger partial charge in [0.2, 0.25) is 0 Å². The minimum atomic E-state index is -0.200. The Morgan fingerprint density at radius 2 is 2.00 bits per heavy atom. The smallest absolute Gasteiger partial charge is 0.123 e. The minimum absolute atomic E-state index is 0.200. The van der Waals surface area contributed by atoms with Crippen molar-refractivity contribution in [3.05, 3.63) is 70.9 Å². The zero-order valence-electron chi connectivity index (χ0n) is 13.1. The predicted molar refractivity (Wildman–Crippen MR) is 88.9 cm³/mol. The summed E-state index contributed by atoms with van der Waals surface area (Å²) < 4.78 is 13.1. The van der Waals surface area contributed by atoms with Gasteiger partial charge in [-0.15, -0.1) is 0 Å². The van der Waals surface area contributed by atoms with E-state index in [0.717, 1.165) is 36.2 Å². The third kappa shape index (κ3) is 2.81. The van der Waals surface area contributed by atoms with E-state index in [-0.39, 0.29) is 5.82 Å². The van der Waals surface area contributed by atoms with Crippen molar-refractivity contribution in [2.75, 3.05) is 0 Å². The Bertz CT molecular complexity index is 770. The quantitative estimate of drug-likeness (QED) is 0.885. The van der Waals surface area contributed by atoms with Crippen molar-refractivity contribution in [3.8, 4) is 0 Å². The SMILES string of the molecule is CC1=CC(C2CCc3[nH]ncc3C2)C=C(c2ccc(F)cc2)N1. The van der Waals surface area contributed by atoms with Crippen molar-refractivity contribution in [2.45, 2.75) is 26.2 Å². The van der Waals surface area contributed by atoms with Gasteiger partial charge in [-0.1, -0.05) is 24.3 Å². The van der Waals surface area contributed by atoms with Gasteiger partial charge in [0, 0.05) is 23.0 Å². The molecular weight excluding hydrogens is 289 g/mol. The Morgan fingerprint density at radius 1 is 1.17 bits per heavy atom. The molecule has 0 saturated heterocycles. The summed E-state index contributed by atoms with van der Waals surface area (Å²) in [6, 6.07) is 6.69. The van der Waals surface area contributed by atoms with Gasteiger partial charge in [-0.25, -0.2) is 4.39 Å². The van der Waals surface area contributed by atoms with Crippen LogP contribution in [0.25, 0.3) is 5.70 Å². The van der Waals surface area contributed by atoms with E-state index in [4.69, 9.17) is 0 Å². The normalized spacial score (nSPS) is 23.6. The first kappa shape index (κ1) is 14.2. The molecule has 2 aromatic rings. The van der Waals surface area contributed by atoms with Gasteiger partial charge in [0.15, 0.2) is 0 Å². The van der Waals surface area contributed by atoms with Gasteiger partial charge in [-0.2, -0.15) is 5.10 Å². The first-order valence-corrected chi connectivity index (χ1v) is 8.13. The van der Waals surface area contributed by atoms with Crippen LogP contribution in [0.2, 0.25) is 0 Å². The topological polar surface area (TPSA) is 40.7 Å². The number of rotatable bonds is 2. The number of hydrogen-bond donors (Lipinski definition) is 2. The number of benzene rings is 1. The average molecular weight is 309 g/mol. The Kier molecular flexibility index (Phi) is 3.52. The van der Waals surface area contributed by atoms with Gasteiger partial charge in [0.25, 0.3) is 0 Å². The number of fused-ring (bicyclic) bond motifs is 1. The van der Waals surface area contributed by atoms with Crippen molar-refractivity contribution >= 4 is 5.70 Å². The second kappa shape index (κ2) is 5.69. The van der Waals surface area contributed by atoms with E-state index in [1.54, 1.807) is 0 Å². The van der Waals surface area contributed by atoms with E-state index in [2.05, 4.69) is 34.6 Å². The lowest BCUT2D eigenvalue weighted by Gasteiger charge is -2.30. The third-order valence-electron chi connectivity index (χ3n) is 4.89. The molecule has 0 spiro atoms. The number of aryl methyl sites for hydroxylation is 1. The summed E-state index contributed by atoms with van der Waals surface area (Å²) in [4.78, 5) is 0. The molecule has 0 radical (unpaired) electrons. The summed E-state index contributed by atoms with van der Waals surface area (Å²) in [5.74, 6) is 0.792. The fraction of sp³-hybridized carbons (Fsp3) is 0.316. The van der Waals surface area contributed by atoms with Gasteiger partial charge in [0.05, 0.1) is 6.20 Å². The molecule has 2 unspecified atom stereocenters. The lowest BCUT2D eigenvalue weighted by molar-refractivity contribution is 0.393. The number of allylic oxidation sites excluding steroid dienone is 3. The summed E-state index contributed by atoms with van der Waals surface area (Å²) in [6.45, 7) is 2.09. The lowest BCUT2D eigenvalue weighted by Crippen LogP contribution is -2.25. The highest BCUT2D eigenvalue weighted by atomic mass is 19.1. The first-order valence-electron chi connectivity index (χ1n) is 8.13. The molecule has 0 fully saturated rings. The number of dihydropyridines is 1. The van der Waals surface area contributed by atoms with Crippen molar-refractivity contribution in [1.82, 2.24) is 15.5 Å². The maximum absolute atomic E-state index is 13.1. The summed E-state index contributed by atoms with van der Waals surface area (Å²) in [5.41, 5.74) is 5.91. The Balaban J connectivity index is 1.60. The van der Waals surface area contributed by atoms with Crippen LogP contribution in [-0.4, -0.2) is 10.2 Å². The molecular formula is C19H20FN3. The Morgan fingerprint density at radius 3 is 2.83 bits per heavy atom. The van der Waals surface area contributed by atoms with Gasteiger partial charge >= 0.3 is 0 Å². The van der Waals surface area contributed by atoms with E-state index in [9.17, 15) is 4.39 Å². The highest BCUT2D eigenvalue weighted by molar-refractivity contribution is 5.67. The molecule has 4 heteroatoms. The maximum Gasteiger partial charge on any atom is 0.123 e. The second-order valence-corrected chi connectivity index (χ2v) is 6.52. The molecule has 1 aromatic carbocycles. The first-order chi connectivity index (χ1) is 11.2. The van der Waals surface area contributed by atoms with Crippen LogP contribution in [0.5, 0.6) is 0 Å². The number of H-pyrrole nitrogens is 1. The van der Waals surface area contributed by atoms with Crippen molar-refractivity contribution in [1.29, 1.82) is 0 Å². The predicted octanol–water partition coefficient (Wildman–Crippen LogP) is 3.82. The van der Waals surface area contributed by atoms with Crippen molar-refractivity contribution < 1.29 is 4.39 Å². The van der Waals surface area contributed by atoms with Crippen molar-refractivity contribution in [3.63, 3.8) is 0 Å². The van der Waals surface area contributed by atoms with Crippen LogP contribution in [0.15, 0.2) is 48.3 Å². The zero-order valence-corrected chi connectivity index (χ0v) is 13.1.